The Morgan fingerprint density at radius 1 is 1.03 bits per heavy atom. The van der Waals surface area contributed by atoms with Crippen molar-refractivity contribution in [2.24, 2.45) is 0 Å². The van der Waals surface area contributed by atoms with Crippen LogP contribution in [-0.4, -0.2) is 69.6 Å². The quantitative estimate of drug-likeness (QED) is 0.509. The Hall–Kier alpha value is -3.11. The van der Waals surface area contributed by atoms with Crippen molar-refractivity contribution in [1.29, 1.82) is 0 Å². The first kappa shape index (κ1) is 24.5. The van der Waals surface area contributed by atoms with Crippen LogP contribution in [0.2, 0.25) is 0 Å². The minimum Gasteiger partial charge on any atom is -0.478 e. The minimum atomic E-state index is -3.90. The van der Waals surface area contributed by atoms with Crippen LogP contribution < -0.4 is 14.9 Å². The van der Waals surface area contributed by atoms with Crippen molar-refractivity contribution in [3.8, 4) is 0 Å². The Labute approximate surface area is 194 Å². The highest BCUT2D eigenvalue weighted by atomic mass is 32.2. The molecule has 9 nitrogen and oxygen atoms in total. The highest BCUT2D eigenvalue weighted by Gasteiger charge is 2.24. The lowest BCUT2D eigenvalue weighted by Crippen LogP contribution is -2.49. The number of hydrogen-bond acceptors (Lipinski definition) is 6. The number of carboxylic acids is 1. The first-order valence-electron chi connectivity index (χ1n) is 10.9. The van der Waals surface area contributed by atoms with Crippen LogP contribution in [0.5, 0.6) is 0 Å². The van der Waals surface area contributed by atoms with Gasteiger partial charge in [-0.25, -0.2) is 13.2 Å². The zero-order valence-electron chi connectivity index (χ0n) is 18.9. The molecule has 1 fully saturated rings. The molecule has 0 spiro atoms. The third-order valence-corrected chi connectivity index (χ3v) is 6.85. The van der Waals surface area contributed by atoms with E-state index < -0.39 is 16.0 Å². The number of benzene rings is 2. The topological polar surface area (TPSA) is 119 Å². The number of nitrogens with zero attached hydrogens (tertiary/aromatic N) is 2. The smallest absolute Gasteiger partial charge is 0.335 e. The van der Waals surface area contributed by atoms with Crippen molar-refractivity contribution in [2.75, 3.05) is 48.9 Å². The van der Waals surface area contributed by atoms with Crippen molar-refractivity contribution < 1.29 is 23.1 Å². The number of nitrogens with one attached hydrogen (secondary N) is 2. The van der Waals surface area contributed by atoms with E-state index in [9.17, 15) is 23.1 Å². The van der Waals surface area contributed by atoms with E-state index >= 15 is 0 Å². The number of carbonyl (C=O) groups excluding carboxylic acids is 1. The number of carboxylic acid groups (broad SMARTS) is 1. The molecular formula is C23H30N4O5S. The van der Waals surface area contributed by atoms with Crippen LogP contribution in [0.4, 0.5) is 11.4 Å². The summed E-state index contributed by atoms with van der Waals surface area (Å²) in [6, 6.07) is 10.9. The van der Waals surface area contributed by atoms with E-state index in [-0.39, 0.29) is 22.1 Å². The predicted molar refractivity (Wildman–Crippen MR) is 127 cm³/mol. The van der Waals surface area contributed by atoms with Crippen LogP contribution in [0.15, 0.2) is 47.4 Å². The third kappa shape index (κ3) is 6.45. The lowest BCUT2D eigenvalue weighted by Gasteiger charge is -2.36. The lowest BCUT2D eigenvalue weighted by atomic mass is 10.1. The van der Waals surface area contributed by atoms with Crippen LogP contribution in [0, 0.1) is 6.92 Å². The van der Waals surface area contributed by atoms with Crippen LogP contribution >= 0.6 is 0 Å². The minimum absolute atomic E-state index is 0.00779. The molecule has 0 unspecified atom stereocenters. The van der Waals surface area contributed by atoms with Crippen molar-refractivity contribution in [1.82, 2.24) is 10.2 Å². The first-order chi connectivity index (χ1) is 15.7. The summed E-state index contributed by atoms with van der Waals surface area (Å²) in [5.74, 6) is -1.15. The van der Waals surface area contributed by atoms with Crippen molar-refractivity contribution >= 4 is 33.3 Å². The number of aromatic carboxylic acids is 1. The van der Waals surface area contributed by atoms with Crippen LogP contribution in [0.3, 0.4) is 0 Å². The lowest BCUT2D eigenvalue weighted by molar-refractivity contribution is -0.122. The van der Waals surface area contributed by atoms with E-state index in [1.165, 1.54) is 24.3 Å². The SMILES string of the molecule is CCCNC(=O)CN1CCN(c2ccc(C(=O)O)cc2NS(=O)(=O)c2ccc(C)cc2)CC1. The van der Waals surface area contributed by atoms with Gasteiger partial charge in [-0.2, -0.15) is 0 Å². The standard InChI is InChI=1S/C23H30N4O5S/c1-3-10-24-22(28)16-26-11-13-27(14-12-26)21-9-6-18(23(29)30)15-20(21)25-33(31,32)19-7-4-17(2)5-8-19/h4-9,15,25H,3,10-14,16H2,1-2H3,(H,24,28)(H,29,30). The average Bonchev–Trinajstić information content (AvgIpc) is 2.78. The van der Waals surface area contributed by atoms with Gasteiger partial charge in [0.1, 0.15) is 0 Å². The Balaban J connectivity index is 1.78. The molecule has 0 saturated carbocycles. The van der Waals surface area contributed by atoms with Gasteiger partial charge in [-0.05, 0) is 43.7 Å². The first-order valence-corrected chi connectivity index (χ1v) is 12.4. The van der Waals surface area contributed by atoms with Gasteiger partial charge in [0.2, 0.25) is 5.91 Å². The molecule has 2 aromatic carbocycles. The number of piperazine rings is 1. The van der Waals surface area contributed by atoms with Crippen LogP contribution in [-0.2, 0) is 14.8 Å². The normalized spacial score (nSPS) is 14.7. The molecule has 3 N–H and O–H groups in total. The van der Waals surface area contributed by atoms with E-state index in [4.69, 9.17) is 0 Å². The van der Waals surface area contributed by atoms with E-state index in [0.717, 1.165) is 12.0 Å². The number of rotatable bonds is 9. The maximum absolute atomic E-state index is 13.0. The molecule has 0 aliphatic carbocycles. The highest BCUT2D eigenvalue weighted by molar-refractivity contribution is 7.92. The molecule has 1 heterocycles. The summed E-state index contributed by atoms with van der Waals surface area (Å²) in [5, 5.41) is 12.3. The molecule has 0 radical (unpaired) electrons. The third-order valence-electron chi connectivity index (χ3n) is 5.47. The molecule has 3 rings (SSSR count). The Kier molecular flexibility index (Phi) is 7.93. The van der Waals surface area contributed by atoms with E-state index in [1.807, 2.05) is 23.6 Å². The molecule has 178 valence electrons. The Bertz CT molecular complexity index is 1090. The molecular weight excluding hydrogens is 444 g/mol. The number of carbonyl (C=O) groups is 2. The maximum atomic E-state index is 13.0. The van der Waals surface area contributed by atoms with Gasteiger partial charge in [-0.1, -0.05) is 24.6 Å². The van der Waals surface area contributed by atoms with E-state index in [0.29, 0.717) is 45.0 Å². The molecule has 1 saturated heterocycles. The van der Waals surface area contributed by atoms with Crippen LogP contribution in [0.1, 0.15) is 29.3 Å². The predicted octanol–water partition coefficient (Wildman–Crippen LogP) is 2.14. The summed E-state index contributed by atoms with van der Waals surface area (Å²) in [6.07, 6.45) is 0.882. The molecule has 1 aliphatic heterocycles. The fraction of sp³-hybridized carbons (Fsp3) is 0.391. The van der Waals surface area contributed by atoms with Gasteiger partial charge in [-0.15, -0.1) is 0 Å². The molecule has 33 heavy (non-hydrogen) atoms. The van der Waals surface area contributed by atoms with E-state index in [1.54, 1.807) is 18.2 Å². The monoisotopic (exact) mass is 474 g/mol. The highest BCUT2D eigenvalue weighted by Crippen LogP contribution is 2.30. The number of anilines is 2. The summed E-state index contributed by atoms with van der Waals surface area (Å²) in [4.78, 5) is 27.6. The second-order valence-electron chi connectivity index (χ2n) is 8.07. The Morgan fingerprint density at radius 3 is 2.30 bits per heavy atom. The van der Waals surface area contributed by atoms with Crippen LogP contribution in [0.25, 0.3) is 0 Å². The number of aryl methyl sites for hydroxylation is 1. The molecule has 1 amide bonds. The average molecular weight is 475 g/mol. The summed E-state index contributed by atoms with van der Waals surface area (Å²) in [6.45, 7) is 7.25. The molecule has 1 aliphatic rings. The van der Waals surface area contributed by atoms with Gasteiger partial charge in [0, 0.05) is 32.7 Å². The molecule has 0 aromatic heterocycles. The summed E-state index contributed by atoms with van der Waals surface area (Å²) < 4.78 is 28.5. The fourth-order valence-electron chi connectivity index (χ4n) is 3.62. The zero-order valence-corrected chi connectivity index (χ0v) is 19.7. The second-order valence-corrected chi connectivity index (χ2v) is 9.75. The summed E-state index contributed by atoms with van der Waals surface area (Å²) in [7, 11) is -3.90. The van der Waals surface area contributed by atoms with Gasteiger partial charge >= 0.3 is 5.97 Å². The van der Waals surface area contributed by atoms with Gasteiger partial charge in [-0.3, -0.25) is 14.4 Å². The maximum Gasteiger partial charge on any atom is 0.335 e. The number of hydrogen-bond donors (Lipinski definition) is 3. The zero-order chi connectivity index (χ0) is 24.0. The van der Waals surface area contributed by atoms with Gasteiger partial charge in [0.05, 0.1) is 28.4 Å². The molecule has 0 bridgehead atoms. The molecule has 0 atom stereocenters. The molecule has 10 heteroatoms. The summed E-state index contributed by atoms with van der Waals surface area (Å²) >= 11 is 0. The fourth-order valence-corrected chi connectivity index (χ4v) is 4.68. The summed E-state index contributed by atoms with van der Waals surface area (Å²) in [5.41, 5.74) is 1.74. The number of amides is 1. The van der Waals surface area contributed by atoms with Gasteiger partial charge < -0.3 is 15.3 Å². The number of sulfonamides is 1. The largest absolute Gasteiger partial charge is 0.478 e. The van der Waals surface area contributed by atoms with Crippen molar-refractivity contribution in [3.63, 3.8) is 0 Å². The molecule has 2 aromatic rings. The van der Waals surface area contributed by atoms with Crippen molar-refractivity contribution in [3.05, 3.63) is 53.6 Å². The van der Waals surface area contributed by atoms with E-state index in [2.05, 4.69) is 10.0 Å². The van der Waals surface area contributed by atoms with Gasteiger partial charge in [0.15, 0.2) is 0 Å². The Morgan fingerprint density at radius 2 is 1.70 bits per heavy atom. The van der Waals surface area contributed by atoms with Gasteiger partial charge in [0.25, 0.3) is 10.0 Å². The van der Waals surface area contributed by atoms with Crippen molar-refractivity contribution in [2.45, 2.75) is 25.2 Å². The second kappa shape index (κ2) is 10.7.